The van der Waals surface area contributed by atoms with Gasteiger partial charge in [0.2, 0.25) is 5.95 Å². The molecule has 10 heteroatoms. The molecular weight excluding hydrogens is 414 g/mol. The third-order valence-corrected chi connectivity index (χ3v) is 7.59. The molecule has 2 aliphatic rings. The van der Waals surface area contributed by atoms with Crippen LogP contribution >= 0.6 is 0 Å². The summed E-state index contributed by atoms with van der Waals surface area (Å²) in [6.45, 7) is 2.30. The minimum Gasteiger partial charge on any atom is -0.496 e. The number of piperidine rings is 1. The fourth-order valence-corrected chi connectivity index (χ4v) is 5.47. The molecule has 0 radical (unpaired) electrons. The monoisotopic (exact) mass is 440 g/mol. The molecule has 0 spiro atoms. The number of rotatable bonds is 4. The van der Waals surface area contributed by atoms with E-state index in [2.05, 4.69) is 15.3 Å². The number of nitrogens with zero attached hydrogens (tertiary/aromatic N) is 3. The Morgan fingerprint density at radius 2 is 1.83 bits per heavy atom. The molecule has 0 atom stereocenters. The summed E-state index contributed by atoms with van der Waals surface area (Å²) in [5, 5.41) is 4.14. The van der Waals surface area contributed by atoms with Gasteiger partial charge in [0, 0.05) is 37.4 Å². The van der Waals surface area contributed by atoms with Crippen LogP contribution in [0.4, 0.5) is 20.5 Å². The molecule has 7 nitrogen and oxygen atoms in total. The number of hydrogen-bond acceptors (Lipinski definition) is 7. The molecule has 0 bridgehead atoms. The van der Waals surface area contributed by atoms with Gasteiger partial charge in [-0.3, -0.25) is 0 Å². The van der Waals surface area contributed by atoms with Crippen molar-refractivity contribution in [2.45, 2.75) is 44.6 Å². The summed E-state index contributed by atoms with van der Waals surface area (Å²) < 4.78 is 56.1. The van der Waals surface area contributed by atoms with E-state index in [1.165, 1.54) is 0 Å². The Hall–Kier alpha value is -2.23. The van der Waals surface area contributed by atoms with Crippen LogP contribution in [0.1, 0.15) is 31.2 Å². The Morgan fingerprint density at radius 1 is 1.17 bits per heavy atom. The van der Waals surface area contributed by atoms with Gasteiger partial charge in [-0.05, 0) is 37.5 Å². The first-order chi connectivity index (χ1) is 14.2. The molecule has 1 aromatic heterocycles. The first-order valence-corrected chi connectivity index (χ1v) is 11.9. The number of nitrogens with one attached hydrogen (secondary N) is 1. The summed E-state index contributed by atoms with van der Waals surface area (Å²) in [5.41, 5.74) is 1.61. The maximum Gasteiger partial charge on any atom is 0.251 e. The van der Waals surface area contributed by atoms with E-state index in [1.54, 1.807) is 12.0 Å². The third-order valence-electron chi connectivity index (χ3n) is 5.87. The number of aromatic nitrogens is 2. The molecular formula is C20H26F2N4O3S. The van der Waals surface area contributed by atoms with E-state index < -0.39 is 15.8 Å². The van der Waals surface area contributed by atoms with E-state index in [9.17, 15) is 17.2 Å². The van der Waals surface area contributed by atoms with Crippen molar-refractivity contribution in [2.75, 3.05) is 41.9 Å². The molecule has 30 heavy (non-hydrogen) atoms. The zero-order valence-corrected chi connectivity index (χ0v) is 17.9. The number of sulfone groups is 1. The molecule has 0 saturated carbocycles. The maximum absolute atomic E-state index is 13.6. The largest absolute Gasteiger partial charge is 0.496 e. The van der Waals surface area contributed by atoms with Crippen LogP contribution < -0.4 is 15.0 Å². The molecule has 2 saturated heterocycles. The number of alkyl halides is 2. The Bertz CT molecular complexity index is 1040. The van der Waals surface area contributed by atoms with Crippen molar-refractivity contribution < 1.29 is 21.9 Å². The number of anilines is 2. The Balaban J connectivity index is 1.70. The van der Waals surface area contributed by atoms with Crippen LogP contribution in [-0.2, 0) is 9.84 Å². The number of halogens is 2. The summed E-state index contributed by atoms with van der Waals surface area (Å²) in [4.78, 5) is 11.1. The minimum absolute atomic E-state index is 0.0301. The first kappa shape index (κ1) is 21.0. The van der Waals surface area contributed by atoms with Crippen LogP contribution in [0.5, 0.6) is 5.75 Å². The number of benzene rings is 1. The van der Waals surface area contributed by atoms with Gasteiger partial charge >= 0.3 is 0 Å². The third kappa shape index (κ3) is 4.43. The van der Waals surface area contributed by atoms with Crippen LogP contribution in [0.25, 0.3) is 10.9 Å². The van der Waals surface area contributed by atoms with Gasteiger partial charge in [0.1, 0.15) is 21.4 Å². The lowest BCUT2D eigenvalue weighted by molar-refractivity contribution is -0.0222. The van der Waals surface area contributed by atoms with E-state index in [1.807, 2.05) is 19.1 Å². The Kier molecular flexibility index (Phi) is 5.46. The smallest absolute Gasteiger partial charge is 0.251 e. The van der Waals surface area contributed by atoms with Gasteiger partial charge in [-0.2, -0.15) is 4.98 Å². The lowest BCUT2D eigenvalue weighted by Gasteiger charge is -2.32. The quantitative estimate of drug-likeness (QED) is 0.782. The molecule has 0 aliphatic carbocycles. The normalized spacial score (nSPS) is 21.5. The molecule has 2 aliphatic heterocycles. The van der Waals surface area contributed by atoms with Crippen LogP contribution in [0.2, 0.25) is 0 Å². The van der Waals surface area contributed by atoms with Gasteiger partial charge in [-0.1, -0.05) is 0 Å². The van der Waals surface area contributed by atoms with Crippen LogP contribution in [-0.4, -0.2) is 62.1 Å². The highest BCUT2D eigenvalue weighted by Gasteiger charge is 2.35. The van der Waals surface area contributed by atoms with Crippen LogP contribution in [0.15, 0.2) is 12.1 Å². The predicted octanol–water partition coefficient (Wildman–Crippen LogP) is 3.17. The number of fused-ring (bicyclic) bond motifs is 1. The zero-order valence-electron chi connectivity index (χ0n) is 17.1. The van der Waals surface area contributed by atoms with Crippen LogP contribution in [0, 0.1) is 6.92 Å². The van der Waals surface area contributed by atoms with Gasteiger partial charge in [-0.25, -0.2) is 22.2 Å². The Morgan fingerprint density at radius 3 is 2.47 bits per heavy atom. The van der Waals surface area contributed by atoms with Crippen molar-refractivity contribution in [1.29, 1.82) is 0 Å². The zero-order chi connectivity index (χ0) is 21.5. The molecule has 4 rings (SSSR count). The highest BCUT2D eigenvalue weighted by Crippen LogP contribution is 2.34. The molecule has 1 aromatic carbocycles. The molecule has 2 aromatic rings. The topological polar surface area (TPSA) is 84.4 Å². The van der Waals surface area contributed by atoms with E-state index in [-0.39, 0.29) is 43.5 Å². The second-order valence-electron chi connectivity index (χ2n) is 8.12. The summed E-state index contributed by atoms with van der Waals surface area (Å²) in [6, 6.07) is 3.73. The number of ether oxygens (including phenoxy) is 1. The average Bonchev–Trinajstić information content (AvgIpc) is 2.69. The van der Waals surface area contributed by atoms with Gasteiger partial charge in [-0.15, -0.1) is 0 Å². The second kappa shape index (κ2) is 7.79. The molecule has 2 fully saturated rings. The Labute approximate surface area is 174 Å². The van der Waals surface area contributed by atoms with Crippen molar-refractivity contribution in [2.24, 2.45) is 0 Å². The number of aryl methyl sites for hydroxylation is 1. The predicted molar refractivity (Wildman–Crippen MR) is 113 cm³/mol. The van der Waals surface area contributed by atoms with Crippen molar-refractivity contribution in [3.63, 3.8) is 0 Å². The molecule has 3 heterocycles. The lowest BCUT2D eigenvalue weighted by Crippen LogP contribution is -2.40. The SMILES string of the molecule is COc1cc2c(NC3CCS(=O)(=O)CC3)nc(N3CCC(F)(F)CC3)nc2cc1C. The maximum atomic E-state index is 13.6. The summed E-state index contributed by atoms with van der Waals surface area (Å²) in [6.07, 6.45) is 0.558. The lowest BCUT2D eigenvalue weighted by atomic mass is 10.1. The van der Waals surface area contributed by atoms with Gasteiger partial charge < -0.3 is 15.0 Å². The fourth-order valence-electron chi connectivity index (χ4n) is 3.98. The first-order valence-electron chi connectivity index (χ1n) is 10.1. The summed E-state index contributed by atoms with van der Waals surface area (Å²) in [7, 11) is -1.38. The number of methoxy groups -OCH3 is 1. The van der Waals surface area contributed by atoms with Crippen molar-refractivity contribution in [1.82, 2.24) is 9.97 Å². The van der Waals surface area contributed by atoms with Crippen molar-refractivity contribution >= 4 is 32.5 Å². The molecule has 0 unspecified atom stereocenters. The average molecular weight is 441 g/mol. The van der Waals surface area contributed by atoms with E-state index >= 15 is 0 Å². The second-order valence-corrected chi connectivity index (χ2v) is 10.4. The van der Waals surface area contributed by atoms with Crippen LogP contribution in [0.3, 0.4) is 0 Å². The summed E-state index contributed by atoms with van der Waals surface area (Å²) >= 11 is 0. The van der Waals surface area contributed by atoms with E-state index in [0.29, 0.717) is 35.9 Å². The van der Waals surface area contributed by atoms with Crippen molar-refractivity contribution in [3.8, 4) is 5.75 Å². The highest BCUT2D eigenvalue weighted by atomic mass is 32.2. The van der Waals surface area contributed by atoms with E-state index in [4.69, 9.17) is 4.74 Å². The fraction of sp³-hybridized carbons (Fsp3) is 0.600. The molecule has 0 amide bonds. The van der Waals surface area contributed by atoms with Gasteiger partial charge in [0.25, 0.3) is 5.92 Å². The van der Waals surface area contributed by atoms with Gasteiger partial charge in [0.05, 0.1) is 24.1 Å². The van der Waals surface area contributed by atoms with E-state index in [0.717, 1.165) is 10.9 Å². The summed E-state index contributed by atoms with van der Waals surface area (Å²) in [5.74, 6) is -0.672. The molecule has 164 valence electrons. The van der Waals surface area contributed by atoms with Crippen molar-refractivity contribution in [3.05, 3.63) is 17.7 Å². The minimum atomic E-state index is -2.98. The molecule has 1 N–H and O–H groups in total. The number of hydrogen-bond donors (Lipinski definition) is 1. The highest BCUT2D eigenvalue weighted by molar-refractivity contribution is 7.91. The van der Waals surface area contributed by atoms with Gasteiger partial charge in [0.15, 0.2) is 0 Å². The standard InChI is InChI=1S/C20H26F2N4O3S/c1-13-11-16-15(12-17(13)29-2)18(23-14-3-9-30(27,28)10-4-14)25-19(24-16)26-7-5-20(21,22)6-8-26/h11-12,14H,3-10H2,1-2H3,(H,23,24,25).